The van der Waals surface area contributed by atoms with Crippen LogP contribution in [0.5, 0.6) is 11.5 Å². The minimum Gasteiger partial charge on any atom is -0.454 e. The van der Waals surface area contributed by atoms with E-state index in [1.54, 1.807) is 0 Å². The number of ether oxygens (including phenoxy) is 2. The molecule has 3 aliphatic rings. The molecule has 1 aromatic carbocycles. The molecule has 0 saturated heterocycles. The lowest BCUT2D eigenvalue weighted by molar-refractivity contribution is -0.122. The lowest BCUT2D eigenvalue weighted by Gasteiger charge is -2.22. The second kappa shape index (κ2) is 5.24. The first-order chi connectivity index (χ1) is 10.3. The van der Waals surface area contributed by atoms with Crippen LogP contribution in [0.1, 0.15) is 37.7 Å². The summed E-state index contributed by atoms with van der Waals surface area (Å²) in [6, 6.07) is 6.35. The number of benzene rings is 1. The van der Waals surface area contributed by atoms with Gasteiger partial charge in [0.05, 0.1) is 0 Å². The molecule has 1 amide bonds. The Morgan fingerprint density at radius 3 is 2.90 bits per heavy atom. The van der Waals surface area contributed by atoms with Gasteiger partial charge in [-0.25, -0.2) is 0 Å². The van der Waals surface area contributed by atoms with Gasteiger partial charge in [0.2, 0.25) is 12.7 Å². The largest absolute Gasteiger partial charge is 0.454 e. The Balaban J connectivity index is 1.29. The summed E-state index contributed by atoms with van der Waals surface area (Å²) in [5, 5.41) is 3.24. The Hall–Kier alpha value is -1.71. The highest BCUT2D eigenvalue weighted by molar-refractivity contribution is 5.76. The highest BCUT2D eigenvalue weighted by Crippen LogP contribution is 2.44. The van der Waals surface area contributed by atoms with E-state index in [-0.39, 0.29) is 5.91 Å². The van der Waals surface area contributed by atoms with E-state index >= 15 is 0 Å². The molecular weight excluding hydrogens is 266 g/mol. The molecule has 4 heteroatoms. The van der Waals surface area contributed by atoms with Crippen molar-refractivity contribution in [2.75, 3.05) is 6.79 Å². The van der Waals surface area contributed by atoms with E-state index in [2.05, 4.69) is 5.32 Å². The van der Waals surface area contributed by atoms with Crippen LogP contribution >= 0.6 is 0 Å². The van der Waals surface area contributed by atoms with Gasteiger partial charge in [-0.1, -0.05) is 12.5 Å². The van der Waals surface area contributed by atoms with Crippen molar-refractivity contribution in [1.29, 1.82) is 0 Å². The standard InChI is InChI=1S/C17H21NO3/c19-17(18-14-8-12-1-4-13(14)7-12)6-3-11-2-5-15-16(9-11)21-10-20-15/h2,5,9,12-14H,1,3-4,6-8,10H2,(H,18,19)/t12-,13-,14+/m1/s1. The summed E-state index contributed by atoms with van der Waals surface area (Å²) in [6.45, 7) is 0.295. The highest BCUT2D eigenvalue weighted by Gasteiger charge is 2.39. The predicted octanol–water partition coefficient (Wildman–Crippen LogP) is 2.65. The Kier molecular flexibility index (Phi) is 3.24. The van der Waals surface area contributed by atoms with Crippen LogP contribution in [0.25, 0.3) is 0 Å². The number of amides is 1. The van der Waals surface area contributed by atoms with Gasteiger partial charge < -0.3 is 14.8 Å². The van der Waals surface area contributed by atoms with E-state index in [0.29, 0.717) is 19.3 Å². The van der Waals surface area contributed by atoms with E-state index in [4.69, 9.17) is 9.47 Å². The molecule has 2 bridgehead atoms. The first-order valence-corrected chi connectivity index (χ1v) is 7.96. The molecule has 0 radical (unpaired) electrons. The maximum Gasteiger partial charge on any atom is 0.231 e. The third-order valence-electron chi connectivity index (χ3n) is 5.16. The zero-order chi connectivity index (χ0) is 14.2. The first-order valence-electron chi connectivity index (χ1n) is 7.96. The second-order valence-electron chi connectivity index (χ2n) is 6.54. The smallest absolute Gasteiger partial charge is 0.231 e. The van der Waals surface area contributed by atoms with Crippen molar-refractivity contribution in [3.8, 4) is 11.5 Å². The number of nitrogens with one attached hydrogen (secondary N) is 1. The van der Waals surface area contributed by atoms with Crippen LogP contribution in [0, 0.1) is 11.8 Å². The van der Waals surface area contributed by atoms with E-state index in [0.717, 1.165) is 35.3 Å². The average molecular weight is 287 g/mol. The molecule has 0 aromatic heterocycles. The molecule has 1 aromatic rings. The molecular formula is C17H21NO3. The number of aryl methyl sites for hydroxylation is 1. The minimum absolute atomic E-state index is 0.185. The fraction of sp³-hybridized carbons (Fsp3) is 0.588. The van der Waals surface area contributed by atoms with Gasteiger partial charge >= 0.3 is 0 Å². The fourth-order valence-corrected chi connectivity index (χ4v) is 4.05. The van der Waals surface area contributed by atoms with Crippen LogP contribution in [0.15, 0.2) is 18.2 Å². The van der Waals surface area contributed by atoms with Gasteiger partial charge in [-0.05, 0) is 55.2 Å². The maximum absolute atomic E-state index is 12.1. The SMILES string of the molecule is O=C(CCc1ccc2c(c1)OCO2)N[C@H]1C[C@@H]2CC[C@@H]1C2. The van der Waals surface area contributed by atoms with Crippen molar-refractivity contribution in [2.45, 2.75) is 44.6 Å². The van der Waals surface area contributed by atoms with Crippen molar-refractivity contribution in [3.63, 3.8) is 0 Å². The number of hydrogen-bond donors (Lipinski definition) is 1. The zero-order valence-electron chi connectivity index (χ0n) is 12.1. The quantitative estimate of drug-likeness (QED) is 0.926. The van der Waals surface area contributed by atoms with Gasteiger partial charge in [-0.15, -0.1) is 0 Å². The summed E-state index contributed by atoms with van der Waals surface area (Å²) in [6.07, 6.45) is 6.50. The Morgan fingerprint density at radius 1 is 1.19 bits per heavy atom. The summed E-state index contributed by atoms with van der Waals surface area (Å²) in [5.41, 5.74) is 1.13. The van der Waals surface area contributed by atoms with Crippen molar-refractivity contribution >= 4 is 5.91 Å². The third-order valence-corrected chi connectivity index (χ3v) is 5.16. The van der Waals surface area contributed by atoms with Crippen LogP contribution in [-0.4, -0.2) is 18.7 Å². The summed E-state index contributed by atoms with van der Waals surface area (Å²) < 4.78 is 10.7. The summed E-state index contributed by atoms with van der Waals surface area (Å²) in [7, 11) is 0. The number of fused-ring (bicyclic) bond motifs is 3. The van der Waals surface area contributed by atoms with Gasteiger partial charge in [0, 0.05) is 12.5 Å². The van der Waals surface area contributed by atoms with Crippen LogP contribution in [0.2, 0.25) is 0 Å². The number of rotatable bonds is 4. The fourth-order valence-electron chi connectivity index (χ4n) is 4.05. The molecule has 0 unspecified atom stereocenters. The van der Waals surface area contributed by atoms with Crippen molar-refractivity contribution < 1.29 is 14.3 Å². The minimum atomic E-state index is 0.185. The normalized spacial score (nSPS) is 28.9. The summed E-state index contributed by atoms with van der Waals surface area (Å²) in [5.74, 6) is 3.38. The van der Waals surface area contributed by atoms with Crippen LogP contribution in [0.4, 0.5) is 0 Å². The molecule has 1 heterocycles. The summed E-state index contributed by atoms with van der Waals surface area (Å²) in [4.78, 5) is 12.1. The molecule has 2 aliphatic carbocycles. The Labute approximate surface area is 124 Å². The lowest BCUT2D eigenvalue weighted by atomic mass is 9.95. The van der Waals surface area contributed by atoms with Crippen LogP contribution in [0.3, 0.4) is 0 Å². The number of hydrogen-bond acceptors (Lipinski definition) is 3. The van der Waals surface area contributed by atoms with Gasteiger partial charge in [-0.2, -0.15) is 0 Å². The van der Waals surface area contributed by atoms with Gasteiger partial charge in [0.15, 0.2) is 11.5 Å². The average Bonchev–Trinajstić information content (AvgIpc) is 3.20. The molecule has 2 fully saturated rings. The van der Waals surface area contributed by atoms with Crippen molar-refractivity contribution in [1.82, 2.24) is 5.32 Å². The van der Waals surface area contributed by atoms with Crippen LogP contribution in [-0.2, 0) is 11.2 Å². The third kappa shape index (κ3) is 2.59. The van der Waals surface area contributed by atoms with Gasteiger partial charge in [-0.3, -0.25) is 4.79 Å². The van der Waals surface area contributed by atoms with Crippen molar-refractivity contribution in [2.24, 2.45) is 11.8 Å². The monoisotopic (exact) mass is 287 g/mol. The highest BCUT2D eigenvalue weighted by atomic mass is 16.7. The zero-order valence-corrected chi connectivity index (χ0v) is 12.1. The molecule has 2 saturated carbocycles. The maximum atomic E-state index is 12.1. The molecule has 4 rings (SSSR count). The van der Waals surface area contributed by atoms with Crippen LogP contribution < -0.4 is 14.8 Å². The molecule has 112 valence electrons. The molecule has 21 heavy (non-hydrogen) atoms. The topological polar surface area (TPSA) is 47.6 Å². The molecule has 1 N–H and O–H groups in total. The van der Waals surface area contributed by atoms with E-state index in [9.17, 15) is 4.79 Å². The molecule has 1 aliphatic heterocycles. The second-order valence-corrected chi connectivity index (χ2v) is 6.54. The first kappa shape index (κ1) is 13.0. The molecule has 0 spiro atoms. The Morgan fingerprint density at radius 2 is 2.10 bits per heavy atom. The number of carbonyl (C=O) groups is 1. The van der Waals surface area contributed by atoms with Crippen molar-refractivity contribution in [3.05, 3.63) is 23.8 Å². The predicted molar refractivity (Wildman–Crippen MR) is 78.3 cm³/mol. The van der Waals surface area contributed by atoms with E-state index in [1.165, 1.54) is 25.7 Å². The lowest BCUT2D eigenvalue weighted by Crippen LogP contribution is -2.38. The van der Waals surface area contributed by atoms with Gasteiger partial charge in [0.1, 0.15) is 0 Å². The number of carbonyl (C=O) groups excluding carboxylic acids is 1. The van der Waals surface area contributed by atoms with E-state index < -0.39 is 0 Å². The molecule has 4 nitrogen and oxygen atoms in total. The Bertz CT molecular complexity index is 557. The van der Waals surface area contributed by atoms with Gasteiger partial charge in [0.25, 0.3) is 0 Å². The molecule has 3 atom stereocenters. The summed E-state index contributed by atoms with van der Waals surface area (Å²) >= 11 is 0. The van der Waals surface area contributed by atoms with E-state index in [1.807, 2.05) is 18.2 Å².